The Balaban J connectivity index is 1.66. The molecule has 3 rings (SSSR count). The van der Waals surface area contributed by atoms with Gasteiger partial charge in [-0.15, -0.1) is 0 Å². The quantitative estimate of drug-likeness (QED) is 0.726. The summed E-state index contributed by atoms with van der Waals surface area (Å²) >= 11 is 0. The van der Waals surface area contributed by atoms with Gasteiger partial charge in [0.2, 0.25) is 0 Å². The molecular weight excluding hydrogens is 338 g/mol. The smallest absolute Gasteiger partial charge is 0.257 e. The molecule has 0 atom stereocenters. The zero-order valence-corrected chi connectivity index (χ0v) is 15.3. The van der Waals surface area contributed by atoms with Crippen molar-refractivity contribution in [1.82, 2.24) is 10.3 Å². The highest BCUT2D eigenvalue weighted by molar-refractivity contribution is 6.05. The van der Waals surface area contributed by atoms with E-state index in [-0.39, 0.29) is 11.8 Å². The van der Waals surface area contributed by atoms with E-state index < -0.39 is 0 Å². The number of aryl methyl sites for hydroxylation is 2. The van der Waals surface area contributed by atoms with Crippen LogP contribution in [0.1, 0.15) is 37.4 Å². The van der Waals surface area contributed by atoms with E-state index in [0.29, 0.717) is 23.4 Å². The average molecular weight is 359 g/mol. The summed E-state index contributed by atoms with van der Waals surface area (Å²) in [6.07, 6.45) is 2.90. The third-order valence-electron chi connectivity index (χ3n) is 4.11. The first-order valence-electron chi connectivity index (χ1n) is 8.68. The van der Waals surface area contributed by atoms with E-state index in [1.807, 2.05) is 62.4 Å². The van der Waals surface area contributed by atoms with Crippen LogP contribution in [-0.2, 0) is 6.54 Å². The Hall–Kier alpha value is -3.47. The van der Waals surface area contributed by atoms with Crippen LogP contribution in [-0.4, -0.2) is 16.8 Å². The zero-order chi connectivity index (χ0) is 19.2. The van der Waals surface area contributed by atoms with Crippen molar-refractivity contribution >= 4 is 17.5 Å². The number of benzene rings is 2. The van der Waals surface area contributed by atoms with Gasteiger partial charge in [-0.2, -0.15) is 0 Å². The normalized spacial score (nSPS) is 10.3. The first kappa shape index (κ1) is 18.3. The summed E-state index contributed by atoms with van der Waals surface area (Å²) in [7, 11) is 0. The number of aromatic nitrogens is 1. The van der Waals surface area contributed by atoms with Crippen molar-refractivity contribution < 1.29 is 9.59 Å². The fourth-order valence-corrected chi connectivity index (χ4v) is 2.63. The van der Waals surface area contributed by atoms with Gasteiger partial charge in [0.15, 0.2) is 0 Å². The van der Waals surface area contributed by atoms with Crippen LogP contribution < -0.4 is 10.6 Å². The van der Waals surface area contributed by atoms with Crippen LogP contribution in [0.3, 0.4) is 0 Å². The minimum atomic E-state index is -0.306. The number of carbonyl (C=O) groups is 2. The van der Waals surface area contributed by atoms with Crippen LogP contribution in [0.5, 0.6) is 0 Å². The van der Waals surface area contributed by atoms with Gasteiger partial charge in [0.25, 0.3) is 11.8 Å². The first-order chi connectivity index (χ1) is 13.0. The van der Waals surface area contributed by atoms with E-state index in [1.54, 1.807) is 6.07 Å². The maximum Gasteiger partial charge on any atom is 0.257 e. The van der Waals surface area contributed by atoms with Crippen molar-refractivity contribution in [2.24, 2.45) is 0 Å². The molecule has 0 spiro atoms. The van der Waals surface area contributed by atoms with Crippen molar-refractivity contribution in [3.63, 3.8) is 0 Å². The van der Waals surface area contributed by atoms with Crippen LogP contribution in [0.15, 0.2) is 67.0 Å². The summed E-state index contributed by atoms with van der Waals surface area (Å²) in [5.41, 5.74) is 4.64. The number of hydrogen-bond donors (Lipinski definition) is 2. The standard InChI is InChI=1S/C22H21N3O2/c1-15-6-8-20(9-7-15)25-22(27)19-11-18(13-23-14-19)21(26)24-12-17-5-3-4-16(2)10-17/h3-11,13-14H,12H2,1-2H3,(H,24,26)(H,25,27). The monoisotopic (exact) mass is 359 g/mol. The molecule has 0 aliphatic rings. The second kappa shape index (κ2) is 8.27. The number of anilines is 1. The molecule has 2 amide bonds. The van der Waals surface area contributed by atoms with Crippen molar-refractivity contribution in [1.29, 1.82) is 0 Å². The van der Waals surface area contributed by atoms with E-state index in [0.717, 1.165) is 16.7 Å². The highest BCUT2D eigenvalue weighted by atomic mass is 16.2. The Kier molecular flexibility index (Phi) is 5.61. The molecule has 3 aromatic rings. The Morgan fingerprint density at radius 2 is 1.56 bits per heavy atom. The molecule has 136 valence electrons. The summed E-state index contributed by atoms with van der Waals surface area (Å²) in [6, 6.07) is 17.0. The van der Waals surface area contributed by atoms with Gasteiger partial charge in [0, 0.05) is 24.6 Å². The van der Waals surface area contributed by atoms with Crippen molar-refractivity contribution in [3.05, 3.63) is 94.8 Å². The first-order valence-corrected chi connectivity index (χ1v) is 8.68. The van der Waals surface area contributed by atoms with E-state index >= 15 is 0 Å². The van der Waals surface area contributed by atoms with Crippen LogP contribution in [0.25, 0.3) is 0 Å². The molecule has 0 radical (unpaired) electrons. The second-order valence-corrected chi connectivity index (χ2v) is 6.45. The average Bonchev–Trinajstić information content (AvgIpc) is 2.68. The molecule has 0 unspecified atom stereocenters. The Bertz CT molecular complexity index is 965. The number of pyridine rings is 1. The maximum absolute atomic E-state index is 12.4. The van der Waals surface area contributed by atoms with Gasteiger partial charge in [0.1, 0.15) is 0 Å². The molecule has 0 saturated heterocycles. The minimum Gasteiger partial charge on any atom is -0.348 e. The highest BCUT2D eigenvalue weighted by Gasteiger charge is 2.11. The lowest BCUT2D eigenvalue weighted by Gasteiger charge is -2.08. The van der Waals surface area contributed by atoms with E-state index in [4.69, 9.17) is 0 Å². The lowest BCUT2D eigenvalue weighted by atomic mass is 10.1. The molecule has 0 bridgehead atoms. The third-order valence-corrected chi connectivity index (χ3v) is 4.11. The predicted octanol–water partition coefficient (Wildman–Crippen LogP) is 3.88. The number of amides is 2. The van der Waals surface area contributed by atoms with Gasteiger partial charge in [-0.25, -0.2) is 0 Å². The van der Waals surface area contributed by atoms with E-state index in [2.05, 4.69) is 15.6 Å². The number of carbonyl (C=O) groups excluding carboxylic acids is 2. The van der Waals surface area contributed by atoms with Gasteiger partial charge in [-0.05, 0) is 37.6 Å². The molecule has 5 nitrogen and oxygen atoms in total. The largest absolute Gasteiger partial charge is 0.348 e. The Morgan fingerprint density at radius 1 is 0.852 bits per heavy atom. The minimum absolute atomic E-state index is 0.269. The van der Waals surface area contributed by atoms with E-state index in [9.17, 15) is 9.59 Å². The van der Waals surface area contributed by atoms with Crippen LogP contribution >= 0.6 is 0 Å². The number of hydrogen-bond acceptors (Lipinski definition) is 3. The number of rotatable bonds is 5. The molecule has 1 aromatic heterocycles. The van der Waals surface area contributed by atoms with Crippen molar-refractivity contribution in [2.75, 3.05) is 5.32 Å². The summed E-state index contributed by atoms with van der Waals surface area (Å²) in [4.78, 5) is 28.8. The molecular formula is C22H21N3O2. The van der Waals surface area contributed by atoms with Crippen LogP contribution in [0.4, 0.5) is 5.69 Å². The van der Waals surface area contributed by atoms with Crippen LogP contribution in [0, 0.1) is 13.8 Å². The predicted molar refractivity (Wildman–Crippen MR) is 106 cm³/mol. The van der Waals surface area contributed by atoms with Gasteiger partial charge >= 0.3 is 0 Å². The lowest BCUT2D eigenvalue weighted by molar-refractivity contribution is 0.0950. The molecule has 2 N–H and O–H groups in total. The highest BCUT2D eigenvalue weighted by Crippen LogP contribution is 2.12. The van der Waals surface area contributed by atoms with Gasteiger partial charge in [-0.1, -0.05) is 47.5 Å². The lowest BCUT2D eigenvalue weighted by Crippen LogP contribution is -2.23. The second-order valence-electron chi connectivity index (χ2n) is 6.45. The topological polar surface area (TPSA) is 71.1 Å². The number of nitrogens with zero attached hydrogens (tertiary/aromatic N) is 1. The molecule has 2 aromatic carbocycles. The molecule has 0 aliphatic heterocycles. The van der Waals surface area contributed by atoms with Crippen molar-refractivity contribution in [2.45, 2.75) is 20.4 Å². The molecule has 0 fully saturated rings. The molecule has 5 heteroatoms. The summed E-state index contributed by atoms with van der Waals surface area (Å²) in [5, 5.41) is 5.66. The SMILES string of the molecule is Cc1ccc(NC(=O)c2cncc(C(=O)NCc3cccc(C)c3)c2)cc1. The molecule has 27 heavy (non-hydrogen) atoms. The van der Waals surface area contributed by atoms with Gasteiger partial charge < -0.3 is 10.6 Å². The fraction of sp³-hybridized carbons (Fsp3) is 0.136. The summed E-state index contributed by atoms with van der Waals surface area (Å²) in [5.74, 6) is -0.575. The fourth-order valence-electron chi connectivity index (χ4n) is 2.63. The summed E-state index contributed by atoms with van der Waals surface area (Å²) in [6.45, 7) is 4.40. The molecule has 1 heterocycles. The van der Waals surface area contributed by atoms with E-state index in [1.165, 1.54) is 12.4 Å². The van der Waals surface area contributed by atoms with Crippen LogP contribution in [0.2, 0.25) is 0 Å². The maximum atomic E-state index is 12.4. The number of nitrogens with one attached hydrogen (secondary N) is 2. The van der Waals surface area contributed by atoms with Gasteiger partial charge in [-0.3, -0.25) is 14.6 Å². The Labute approximate surface area is 158 Å². The Morgan fingerprint density at radius 3 is 2.26 bits per heavy atom. The molecule has 0 aliphatic carbocycles. The van der Waals surface area contributed by atoms with Crippen molar-refractivity contribution in [3.8, 4) is 0 Å². The molecule has 0 saturated carbocycles. The summed E-state index contributed by atoms with van der Waals surface area (Å²) < 4.78 is 0. The van der Waals surface area contributed by atoms with Gasteiger partial charge in [0.05, 0.1) is 11.1 Å². The third kappa shape index (κ3) is 5.01. The zero-order valence-electron chi connectivity index (χ0n) is 15.3.